The zero-order valence-electron chi connectivity index (χ0n) is 16.8. The molecule has 0 spiro atoms. The molecular weight excluding hydrogens is 424 g/mol. The average molecular weight is 451 g/mol. The molecule has 146 valence electrons. The SMILES string of the molecule is COC(=O)c1ccc(Br)c(Oc2cccc(CO[Si](C)(C)C(C)(C)C)c2)c1. The van der Waals surface area contributed by atoms with E-state index in [0.29, 0.717) is 23.7 Å². The molecule has 0 N–H and O–H groups in total. The van der Waals surface area contributed by atoms with Crippen molar-refractivity contribution in [1.82, 2.24) is 0 Å². The molecule has 2 aromatic carbocycles. The van der Waals surface area contributed by atoms with Crippen LogP contribution >= 0.6 is 15.9 Å². The lowest BCUT2D eigenvalue weighted by Gasteiger charge is -2.36. The van der Waals surface area contributed by atoms with E-state index >= 15 is 0 Å². The number of ether oxygens (including phenoxy) is 2. The molecule has 0 saturated carbocycles. The number of halogens is 1. The van der Waals surface area contributed by atoms with Crippen LogP contribution in [0.5, 0.6) is 11.5 Å². The van der Waals surface area contributed by atoms with Crippen molar-refractivity contribution in [3.8, 4) is 11.5 Å². The van der Waals surface area contributed by atoms with Crippen LogP contribution in [-0.2, 0) is 15.8 Å². The first-order valence-electron chi connectivity index (χ1n) is 8.82. The van der Waals surface area contributed by atoms with Crippen molar-refractivity contribution in [3.05, 3.63) is 58.1 Å². The second kappa shape index (κ2) is 8.58. The van der Waals surface area contributed by atoms with Gasteiger partial charge in [-0.1, -0.05) is 32.9 Å². The molecule has 0 aliphatic carbocycles. The van der Waals surface area contributed by atoms with Gasteiger partial charge in [-0.2, -0.15) is 0 Å². The molecule has 0 unspecified atom stereocenters. The third-order valence-electron chi connectivity index (χ3n) is 4.88. The van der Waals surface area contributed by atoms with Crippen LogP contribution in [0.25, 0.3) is 0 Å². The van der Waals surface area contributed by atoms with Crippen molar-refractivity contribution in [2.75, 3.05) is 7.11 Å². The maximum atomic E-state index is 11.7. The summed E-state index contributed by atoms with van der Waals surface area (Å²) in [4.78, 5) is 11.7. The van der Waals surface area contributed by atoms with E-state index in [1.165, 1.54) is 7.11 Å². The van der Waals surface area contributed by atoms with Gasteiger partial charge in [-0.3, -0.25) is 0 Å². The maximum absolute atomic E-state index is 11.7. The van der Waals surface area contributed by atoms with E-state index in [0.717, 1.165) is 10.0 Å². The number of rotatable bonds is 6. The van der Waals surface area contributed by atoms with Crippen molar-refractivity contribution in [2.45, 2.75) is 45.5 Å². The number of carbonyl (C=O) groups excluding carboxylic acids is 1. The summed E-state index contributed by atoms with van der Waals surface area (Å²) in [6, 6.07) is 12.9. The van der Waals surface area contributed by atoms with Gasteiger partial charge in [-0.25, -0.2) is 4.79 Å². The second-order valence-electron chi connectivity index (χ2n) is 7.94. The Balaban J connectivity index is 2.16. The van der Waals surface area contributed by atoms with Crippen LogP contribution < -0.4 is 4.74 Å². The summed E-state index contributed by atoms with van der Waals surface area (Å²) in [7, 11) is -0.454. The van der Waals surface area contributed by atoms with Gasteiger partial charge in [0.05, 0.1) is 23.8 Å². The van der Waals surface area contributed by atoms with Crippen molar-refractivity contribution < 1.29 is 18.7 Å². The predicted octanol–water partition coefficient (Wildman–Crippen LogP) is 6.55. The summed E-state index contributed by atoms with van der Waals surface area (Å²) in [5.74, 6) is 0.846. The van der Waals surface area contributed by atoms with Crippen LogP contribution in [0, 0.1) is 0 Å². The van der Waals surface area contributed by atoms with E-state index < -0.39 is 14.3 Å². The Bertz CT molecular complexity index is 812. The highest BCUT2D eigenvalue weighted by atomic mass is 79.9. The maximum Gasteiger partial charge on any atom is 0.337 e. The lowest BCUT2D eigenvalue weighted by atomic mass is 10.2. The highest BCUT2D eigenvalue weighted by Crippen LogP contribution is 2.37. The number of hydrogen-bond acceptors (Lipinski definition) is 4. The molecule has 0 amide bonds. The van der Waals surface area contributed by atoms with Crippen LogP contribution in [0.15, 0.2) is 46.9 Å². The summed E-state index contributed by atoms with van der Waals surface area (Å²) >= 11 is 3.46. The molecule has 0 atom stereocenters. The smallest absolute Gasteiger partial charge is 0.337 e. The Labute approximate surface area is 171 Å². The number of esters is 1. The Hall–Kier alpha value is -1.63. The first-order chi connectivity index (χ1) is 12.5. The van der Waals surface area contributed by atoms with Gasteiger partial charge in [0.1, 0.15) is 11.5 Å². The average Bonchev–Trinajstić information content (AvgIpc) is 2.60. The Morgan fingerprint density at radius 3 is 2.44 bits per heavy atom. The number of benzene rings is 2. The highest BCUT2D eigenvalue weighted by Gasteiger charge is 2.37. The van der Waals surface area contributed by atoms with Gasteiger partial charge in [-0.05, 0) is 70.0 Å². The van der Waals surface area contributed by atoms with Crippen molar-refractivity contribution in [2.24, 2.45) is 0 Å². The molecule has 0 saturated heterocycles. The van der Waals surface area contributed by atoms with E-state index in [1.54, 1.807) is 18.2 Å². The fourth-order valence-electron chi connectivity index (χ4n) is 2.13. The molecule has 0 radical (unpaired) electrons. The molecule has 0 bridgehead atoms. The number of hydrogen-bond donors (Lipinski definition) is 0. The lowest BCUT2D eigenvalue weighted by molar-refractivity contribution is 0.0600. The Morgan fingerprint density at radius 1 is 1.11 bits per heavy atom. The quantitative estimate of drug-likeness (QED) is 0.369. The molecule has 0 aromatic heterocycles. The van der Waals surface area contributed by atoms with E-state index in [9.17, 15) is 4.79 Å². The first kappa shape index (κ1) is 21.7. The third kappa shape index (κ3) is 5.67. The minimum absolute atomic E-state index is 0.167. The molecule has 0 aliphatic heterocycles. The largest absolute Gasteiger partial charge is 0.465 e. The minimum Gasteiger partial charge on any atom is -0.465 e. The van der Waals surface area contributed by atoms with E-state index in [2.05, 4.69) is 49.8 Å². The molecule has 4 nitrogen and oxygen atoms in total. The van der Waals surface area contributed by atoms with E-state index in [1.807, 2.05) is 24.3 Å². The van der Waals surface area contributed by atoms with Crippen LogP contribution in [-0.4, -0.2) is 21.4 Å². The second-order valence-corrected chi connectivity index (χ2v) is 13.6. The van der Waals surface area contributed by atoms with Crippen LogP contribution in [0.4, 0.5) is 0 Å². The van der Waals surface area contributed by atoms with Crippen LogP contribution in [0.1, 0.15) is 36.7 Å². The van der Waals surface area contributed by atoms with Gasteiger partial charge in [0.25, 0.3) is 0 Å². The lowest BCUT2D eigenvalue weighted by Crippen LogP contribution is -2.40. The standard InChI is InChI=1S/C21H27BrO4Si/c1-21(2,3)27(5,6)25-14-15-8-7-9-17(12-15)26-19-13-16(20(23)24-4)10-11-18(19)22/h7-13H,14H2,1-6H3. The minimum atomic E-state index is -1.81. The van der Waals surface area contributed by atoms with Gasteiger partial charge in [-0.15, -0.1) is 0 Å². The van der Waals surface area contributed by atoms with Gasteiger partial charge < -0.3 is 13.9 Å². The van der Waals surface area contributed by atoms with Crippen LogP contribution in [0.2, 0.25) is 18.1 Å². The fraction of sp³-hybridized carbons (Fsp3) is 0.381. The molecule has 0 aliphatic rings. The molecule has 6 heteroatoms. The third-order valence-corrected chi connectivity index (χ3v) is 10.0. The molecule has 2 aromatic rings. The Kier molecular flexibility index (Phi) is 6.89. The summed E-state index contributed by atoms with van der Waals surface area (Å²) in [6.07, 6.45) is 0. The molecule has 0 fully saturated rings. The normalized spacial score (nSPS) is 12.0. The topological polar surface area (TPSA) is 44.8 Å². The van der Waals surface area contributed by atoms with Crippen molar-refractivity contribution in [1.29, 1.82) is 0 Å². The molecule has 0 heterocycles. The number of methoxy groups -OCH3 is 1. The first-order valence-corrected chi connectivity index (χ1v) is 12.5. The zero-order chi connectivity index (χ0) is 20.2. The van der Waals surface area contributed by atoms with Gasteiger partial charge >= 0.3 is 5.97 Å². The zero-order valence-corrected chi connectivity index (χ0v) is 19.3. The van der Waals surface area contributed by atoms with Crippen LogP contribution in [0.3, 0.4) is 0 Å². The van der Waals surface area contributed by atoms with E-state index in [4.69, 9.17) is 13.9 Å². The summed E-state index contributed by atoms with van der Waals surface area (Å²) in [5.41, 5.74) is 1.49. The molecule has 27 heavy (non-hydrogen) atoms. The highest BCUT2D eigenvalue weighted by molar-refractivity contribution is 9.10. The van der Waals surface area contributed by atoms with Gasteiger partial charge in [0, 0.05) is 0 Å². The van der Waals surface area contributed by atoms with Crippen molar-refractivity contribution >= 4 is 30.2 Å². The van der Waals surface area contributed by atoms with Crippen molar-refractivity contribution in [3.63, 3.8) is 0 Å². The summed E-state index contributed by atoms with van der Waals surface area (Å²) < 4.78 is 17.8. The summed E-state index contributed by atoms with van der Waals surface area (Å²) in [5, 5.41) is 0.167. The fourth-order valence-corrected chi connectivity index (χ4v) is 3.42. The molecule has 2 rings (SSSR count). The summed E-state index contributed by atoms with van der Waals surface area (Å²) in [6.45, 7) is 11.7. The number of carbonyl (C=O) groups is 1. The Morgan fingerprint density at radius 2 is 1.81 bits per heavy atom. The van der Waals surface area contributed by atoms with E-state index in [-0.39, 0.29) is 5.04 Å². The monoisotopic (exact) mass is 450 g/mol. The van der Waals surface area contributed by atoms with Gasteiger partial charge in [0.15, 0.2) is 8.32 Å². The predicted molar refractivity (Wildman–Crippen MR) is 114 cm³/mol. The molecular formula is C21H27BrO4Si. The van der Waals surface area contributed by atoms with Gasteiger partial charge in [0.2, 0.25) is 0 Å².